The van der Waals surface area contributed by atoms with Crippen molar-refractivity contribution in [3.05, 3.63) is 54.0 Å². The van der Waals surface area contributed by atoms with Crippen LogP contribution in [0.2, 0.25) is 0 Å². The molecule has 2 heterocycles. The molecule has 1 saturated heterocycles. The molecule has 0 amide bonds. The molecule has 0 unspecified atom stereocenters. The van der Waals surface area contributed by atoms with Crippen molar-refractivity contribution in [1.82, 2.24) is 4.90 Å². The SMILES string of the molecule is CCCc1ccc(CN2CCC(O)(COc3ccccc3)CC2)o1. The maximum atomic E-state index is 10.7. The van der Waals surface area contributed by atoms with Crippen LogP contribution in [0.4, 0.5) is 0 Å². The average molecular weight is 329 g/mol. The molecule has 130 valence electrons. The second-order valence-corrected chi connectivity index (χ2v) is 6.72. The minimum atomic E-state index is -0.733. The Bertz CT molecular complexity index is 615. The summed E-state index contributed by atoms with van der Waals surface area (Å²) in [5.41, 5.74) is -0.733. The van der Waals surface area contributed by atoms with E-state index in [9.17, 15) is 5.11 Å². The molecule has 1 aliphatic rings. The second kappa shape index (κ2) is 7.86. The molecule has 0 aliphatic carbocycles. The summed E-state index contributed by atoms with van der Waals surface area (Å²) in [4.78, 5) is 2.34. The minimum absolute atomic E-state index is 0.353. The molecule has 2 aromatic rings. The highest BCUT2D eigenvalue weighted by atomic mass is 16.5. The number of aryl methyl sites for hydroxylation is 1. The number of nitrogens with zero attached hydrogens (tertiary/aromatic N) is 1. The fourth-order valence-electron chi connectivity index (χ4n) is 3.11. The van der Waals surface area contributed by atoms with Crippen LogP contribution in [0.5, 0.6) is 5.75 Å². The summed E-state index contributed by atoms with van der Waals surface area (Å²) in [7, 11) is 0. The lowest BCUT2D eigenvalue weighted by molar-refractivity contribution is -0.0545. The third-order valence-electron chi connectivity index (χ3n) is 4.63. The van der Waals surface area contributed by atoms with E-state index in [2.05, 4.69) is 24.0 Å². The maximum absolute atomic E-state index is 10.7. The number of para-hydroxylation sites is 1. The lowest BCUT2D eigenvalue weighted by Crippen LogP contribution is -2.47. The quantitative estimate of drug-likeness (QED) is 0.842. The van der Waals surface area contributed by atoms with Gasteiger partial charge >= 0.3 is 0 Å². The highest BCUT2D eigenvalue weighted by Gasteiger charge is 2.33. The fraction of sp³-hybridized carbons (Fsp3) is 0.500. The van der Waals surface area contributed by atoms with Gasteiger partial charge in [0.25, 0.3) is 0 Å². The molecule has 0 radical (unpaired) electrons. The summed E-state index contributed by atoms with van der Waals surface area (Å²) in [6, 6.07) is 13.8. The van der Waals surface area contributed by atoms with E-state index in [1.165, 1.54) is 0 Å². The highest BCUT2D eigenvalue weighted by Crippen LogP contribution is 2.25. The van der Waals surface area contributed by atoms with Crippen molar-refractivity contribution in [3.63, 3.8) is 0 Å². The van der Waals surface area contributed by atoms with Crippen molar-refractivity contribution >= 4 is 0 Å². The number of benzene rings is 1. The van der Waals surface area contributed by atoms with Gasteiger partial charge in [-0.15, -0.1) is 0 Å². The number of hydrogen-bond donors (Lipinski definition) is 1. The first-order valence-corrected chi connectivity index (χ1v) is 8.87. The Morgan fingerprint density at radius 3 is 2.50 bits per heavy atom. The van der Waals surface area contributed by atoms with Gasteiger partial charge in [-0.1, -0.05) is 25.1 Å². The van der Waals surface area contributed by atoms with E-state index in [1.807, 2.05) is 30.3 Å². The molecule has 0 saturated carbocycles. The molecule has 0 spiro atoms. The van der Waals surface area contributed by atoms with Gasteiger partial charge < -0.3 is 14.3 Å². The zero-order valence-corrected chi connectivity index (χ0v) is 14.4. The first-order valence-electron chi connectivity index (χ1n) is 8.87. The van der Waals surface area contributed by atoms with Gasteiger partial charge in [-0.05, 0) is 43.5 Å². The Morgan fingerprint density at radius 2 is 1.79 bits per heavy atom. The molecule has 4 nitrogen and oxygen atoms in total. The molecule has 0 atom stereocenters. The maximum Gasteiger partial charge on any atom is 0.119 e. The van der Waals surface area contributed by atoms with Crippen molar-refractivity contribution in [3.8, 4) is 5.75 Å². The first-order chi connectivity index (χ1) is 11.7. The van der Waals surface area contributed by atoms with Crippen LogP contribution in [0.1, 0.15) is 37.7 Å². The van der Waals surface area contributed by atoms with Crippen LogP contribution in [0, 0.1) is 0 Å². The van der Waals surface area contributed by atoms with E-state index in [-0.39, 0.29) is 0 Å². The van der Waals surface area contributed by atoms with Crippen LogP contribution in [0.25, 0.3) is 0 Å². The first kappa shape index (κ1) is 17.1. The number of rotatable bonds is 7. The van der Waals surface area contributed by atoms with E-state index in [4.69, 9.17) is 9.15 Å². The van der Waals surface area contributed by atoms with Crippen molar-refractivity contribution in [2.45, 2.75) is 44.8 Å². The topological polar surface area (TPSA) is 45.8 Å². The largest absolute Gasteiger partial charge is 0.491 e. The lowest BCUT2D eigenvalue weighted by Gasteiger charge is -2.37. The molecular formula is C20H27NO3. The van der Waals surface area contributed by atoms with Gasteiger partial charge in [0.1, 0.15) is 29.5 Å². The number of aliphatic hydroxyl groups is 1. The monoisotopic (exact) mass is 329 g/mol. The van der Waals surface area contributed by atoms with E-state index in [1.54, 1.807) is 0 Å². The van der Waals surface area contributed by atoms with Crippen molar-refractivity contribution in [2.75, 3.05) is 19.7 Å². The van der Waals surface area contributed by atoms with Crippen LogP contribution < -0.4 is 4.74 Å². The van der Waals surface area contributed by atoms with E-state index in [0.717, 1.165) is 62.6 Å². The number of likely N-dealkylation sites (tertiary alicyclic amines) is 1. The molecular weight excluding hydrogens is 302 g/mol. The predicted octanol–water partition coefficient (Wildman–Crippen LogP) is 3.64. The molecule has 24 heavy (non-hydrogen) atoms. The molecule has 4 heteroatoms. The van der Waals surface area contributed by atoms with Gasteiger partial charge in [0.2, 0.25) is 0 Å². The highest BCUT2D eigenvalue weighted by molar-refractivity contribution is 5.21. The van der Waals surface area contributed by atoms with Crippen LogP contribution in [0.3, 0.4) is 0 Å². The predicted molar refractivity (Wildman–Crippen MR) is 94.1 cm³/mol. The van der Waals surface area contributed by atoms with Gasteiger partial charge in [-0.3, -0.25) is 4.90 Å². The zero-order valence-electron chi connectivity index (χ0n) is 14.4. The molecule has 3 rings (SSSR count). The molecule has 1 aliphatic heterocycles. The number of furan rings is 1. The van der Waals surface area contributed by atoms with Crippen LogP contribution in [0.15, 0.2) is 46.9 Å². The van der Waals surface area contributed by atoms with Gasteiger partial charge in [-0.25, -0.2) is 0 Å². The number of ether oxygens (including phenoxy) is 1. The normalized spacial score (nSPS) is 17.8. The van der Waals surface area contributed by atoms with E-state index < -0.39 is 5.60 Å². The summed E-state index contributed by atoms with van der Waals surface area (Å²) < 4.78 is 11.6. The lowest BCUT2D eigenvalue weighted by atomic mass is 9.92. The Labute approximate surface area is 144 Å². The Balaban J connectivity index is 1.45. The average Bonchev–Trinajstić information content (AvgIpc) is 3.04. The van der Waals surface area contributed by atoms with Crippen molar-refractivity contribution < 1.29 is 14.3 Å². The molecule has 1 fully saturated rings. The Hall–Kier alpha value is -1.78. The number of hydrogen-bond acceptors (Lipinski definition) is 4. The number of piperidine rings is 1. The molecule has 1 N–H and O–H groups in total. The van der Waals surface area contributed by atoms with Crippen molar-refractivity contribution in [2.24, 2.45) is 0 Å². The van der Waals surface area contributed by atoms with Gasteiger partial charge in [-0.2, -0.15) is 0 Å². The van der Waals surface area contributed by atoms with Gasteiger partial charge in [0, 0.05) is 19.5 Å². The van der Waals surface area contributed by atoms with Crippen molar-refractivity contribution in [1.29, 1.82) is 0 Å². The van der Waals surface area contributed by atoms with E-state index >= 15 is 0 Å². The summed E-state index contributed by atoms with van der Waals surface area (Å²) in [5, 5.41) is 10.7. The summed E-state index contributed by atoms with van der Waals surface area (Å²) >= 11 is 0. The van der Waals surface area contributed by atoms with Gasteiger partial charge in [0.15, 0.2) is 0 Å². The van der Waals surface area contributed by atoms with Gasteiger partial charge in [0.05, 0.1) is 6.54 Å². The van der Waals surface area contributed by atoms with Crippen LogP contribution in [-0.4, -0.2) is 35.3 Å². The molecule has 1 aromatic carbocycles. The molecule has 1 aromatic heterocycles. The third kappa shape index (κ3) is 4.62. The summed E-state index contributed by atoms with van der Waals surface area (Å²) in [5.74, 6) is 2.90. The Kier molecular flexibility index (Phi) is 5.59. The van der Waals surface area contributed by atoms with Crippen LogP contribution >= 0.6 is 0 Å². The van der Waals surface area contributed by atoms with E-state index in [0.29, 0.717) is 6.61 Å². The zero-order chi connectivity index (χ0) is 16.8. The minimum Gasteiger partial charge on any atom is -0.491 e. The standard InChI is InChI=1S/C20H27NO3/c1-2-6-18-9-10-19(24-18)15-21-13-11-20(22,12-14-21)16-23-17-7-4-3-5-8-17/h3-5,7-10,22H,2,6,11-16H2,1H3. The molecule has 0 bridgehead atoms. The third-order valence-corrected chi connectivity index (χ3v) is 4.63. The second-order valence-electron chi connectivity index (χ2n) is 6.72. The fourth-order valence-corrected chi connectivity index (χ4v) is 3.11. The Morgan fingerprint density at radius 1 is 1.08 bits per heavy atom. The summed E-state index contributed by atoms with van der Waals surface area (Å²) in [6.07, 6.45) is 3.55. The smallest absolute Gasteiger partial charge is 0.119 e. The summed E-state index contributed by atoms with van der Waals surface area (Å²) in [6.45, 7) is 5.05. The van der Waals surface area contributed by atoms with Crippen LogP contribution in [-0.2, 0) is 13.0 Å².